The van der Waals surface area contributed by atoms with Crippen LogP contribution in [0.25, 0.3) is 10.2 Å². The Morgan fingerprint density at radius 3 is 2.86 bits per heavy atom. The molecule has 0 saturated heterocycles. The molecule has 1 aromatic carbocycles. The molecule has 0 spiro atoms. The summed E-state index contributed by atoms with van der Waals surface area (Å²) in [4.78, 5) is 16.1. The third-order valence-electron chi connectivity index (χ3n) is 2.54. The fourth-order valence-corrected chi connectivity index (χ4v) is 4.92. The van der Waals surface area contributed by atoms with E-state index in [1.807, 2.05) is 39.0 Å². The van der Waals surface area contributed by atoms with Gasteiger partial charge in [0, 0.05) is 6.54 Å². The van der Waals surface area contributed by atoms with Crippen molar-refractivity contribution in [1.29, 1.82) is 0 Å². The number of nitrogens with zero attached hydrogens (tertiary/aromatic N) is 1. The van der Waals surface area contributed by atoms with E-state index in [-0.39, 0.29) is 10.3 Å². The molecular formula is C15H19BrN2O2S2. The van der Waals surface area contributed by atoms with Crippen molar-refractivity contribution in [2.75, 3.05) is 6.54 Å². The summed E-state index contributed by atoms with van der Waals surface area (Å²) < 4.78 is 7.61. The highest BCUT2D eigenvalue weighted by atomic mass is 79.9. The molecular weight excluding hydrogens is 384 g/mol. The lowest BCUT2D eigenvalue weighted by atomic mass is 10.2. The summed E-state index contributed by atoms with van der Waals surface area (Å²) in [7, 11) is 0. The molecule has 2 aromatic rings. The molecule has 4 nitrogen and oxygen atoms in total. The van der Waals surface area contributed by atoms with E-state index in [9.17, 15) is 4.79 Å². The fourth-order valence-electron chi connectivity index (χ4n) is 1.67. The quantitative estimate of drug-likeness (QED) is 0.562. The van der Waals surface area contributed by atoms with Crippen LogP contribution in [0.15, 0.2) is 28.6 Å². The molecule has 120 valence electrons. The molecule has 0 aliphatic carbocycles. The number of carbonyl (C=O) groups is 1. The van der Waals surface area contributed by atoms with Crippen molar-refractivity contribution in [3.63, 3.8) is 0 Å². The number of carbonyl (C=O) groups excluding carboxylic acids is 1. The summed E-state index contributed by atoms with van der Waals surface area (Å²) in [6, 6.07) is 8.10. The summed E-state index contributed by atoms with van der Waals surface area (Å²) in [6.07, 6.45) is 0.414. The van der Waals surface area contributed by atoms with Gasteiger partial charge < -0.3 is 10.1 Å². The lowest BCUT2D eigenvalue weighted by molar-refractivity contribution is 0.0528. The molecule has 0 saturated carbocycles. The van der Waals surface area contributed by atoms with E-state index in [1.54, 1.807) is 23.1 Å². The molecule has 22 heavy (non-hydrogen) atoms. The minimum absolute atomic E-state index is 0.197. The number of ether oxygens (including phenoxy) is 1. The first-order valence-corrected chi connectivity index (χ1v) is 9.58. The molecule has 0 fully saturated rings. The van der Waals surface area contributed by atoms with Crippen LogP contribution in [-0.2, 0) is 4.74 Å². The Hall–Kier alpha value is -0.790. The summed E-state index contributed by atoms with van der Waals surface area (Å²) in [5, 5.41) is 2.76. The van der Waals surface area contributed by atoms with Crippen LogP contribution in [-0.4, -0.2) is 27.4 Å². The van der Waals surface area contributed by atoms with Crippen LogP contribution in [0.3, 0.4) is 0 Å². The van der Waals surface area contributed by atoms with Crippen LogP contribution >= 0.6 is 39.0 Å². The SMILES string of the molecule is CC(C)(C)OC(=O)NCCC(Br)Sc1nc2ccccc2s1. The number of para-hydroxylation sites is 1. The molecule has 1 unspecified atom stereocenters. The smallest absolute Gasteiger partial charge is 0.407 e. The largest absolute Gasteiger partial charge is 0.444 e. The van der Waals surface area contributed by atoms with Crippen molar-refractivity contribution < 1.29 is 9.53 Å². The van der Waals surface area contributed by atoms with Gasteiger partial charge in [0.2, 0.25) is 0 Å². The zero-order chi connectivity index (χ0) is 16.2. The van der Waals surface area contributed by atoms with E-state index in [2.05, 4.69) is 32.3 Å². The van der Waals surface area contributed by atoms with Crippen molar-refractivity contribution in [3.05, 3.63) is 24.3 Å². The van der Waals surface area contributed by atoms with E-state index < -0.39 is 5.60 Å². The van der Waals surface area contributed by atoms with Gasteiger partial charge in [0.25, 0.3) is 0 Å². The van der Waals surface area contributed by atoms with E-state index in [0.29, 0.717) is 6.54 Å². The van der Waals surface area contributed by atoms with Crippen LogP contribution in [0.2, 0.25) is 0 Å². The number of alkyl halides is 1. The number of hydrogen-bond acceptors (Lipinski definition) is 5. The Kier molecular flexibility index (Phi) is 6.11. The monoisotopic (exact) mass is 402 g/mol. The minimum atomic E-state index is -0.465. The van der Waals surface area contributed by atoms with Crippen molar-refractivity contribution in [1.82, 2.24) is 10.3 Å². The fraction of sp³-hybridized carbons (Fsp3) is 0.467. The highest BCUT2D eigenvalue weighted by Crippen LogP contribution is 2.35. The summed E-state index contributed by atoms with van der Waals surface area (Å²) in [6.45, 7) is 6.11. The van der Waals surface area contributed by atoms with Crippen molar-refractivity contribution in [2.45, 2.75) is 41.3 Å². The average Bonchev–Trinajstić information content (AvgIpc) is 2.78. The molecule has 7 heteroatoms. The minimum Gasteiger partial charge on any atom is -0.444 e. The second-order valence-corrected chi connectivity index (χ2v) is 9.88. The Balaban J connectivity index is 1.76. The molecule has 0 radical (unpaired) electrons. The van der Waals surface area contributed by atoms with E-state index in [4.69, 9.17) is 4.74 Å². The third-order valence-corrected chi connectivity index (χ3v) is 5.72. The van der Waals surface area contributed by atoms with Gasteiger partial charge in [0.1, 0.15) is 5.60 Å². The summed E-state index contributed by atoms with van der Waals surface area (Å²) in [5.74, 6) is 0. The van der Waals surface area contributed by atoms with Gasteiger partial charge in [-0.3, -0.25) is 0 Å². The van der Waals surface area contributed by atoms with Crippen molar-refractivity contribution in [3.8, 4) is 0 Å². The Bertz CT molecular complexity index is 607. The topological polar surface area (TPSA) is 51.2 Å². The molecule has 1 aromatic heterocycles. The van der Waals surface area contributed by atoms with Gasteiger partial charge in [-0.1, -0.05) is 39.8 Å². The van der Waals surface area contributed by atoms with Gasteiger partial charge >= 0.3 is 6.09 Å². The average molecular weight is 403 g/mol. The Morgan fingerprint density at radius 1 is 1.45 bits per heavy atom. The van der Waals surface area contributed by atoms with Crippen LogP contribution in [0.4, 0.5) is 4.79 Å². The van der Waals surface area contributed by atoms with Gasteiger partial charge in [0.15, 0.2) is 4.34 Å². The number of alkyl carbamates (subject to hydrolysis) is 1. The van der Waals surface area contributed by atoms with E-state index in [1.165, 1.54) is 4.70 Å². The first-order valence-electron chi connectivity index (χ1n) is 6.97. The maximum absolute atomic E-state index is 11.6. The summed E-state index contributed by atoms with van der Waals surface area (Å²) in [5.41, 5.74) is 0.565. The molecule has 0 bridgehead atoms. The predicted octanol–water partition coefficient (Wildman–Crippen LogP) is 5.02. The highest BCUT2D eigenvalue weighted by Gasteiger charge is 2.16. The van der Waals surface area contributed by atoms with E-state index in [0.717, 1.165) is 16.3 Å². The first kappa shape index (κ1) is 17.6. The molecule has 1 atom stereocenters. The summed E-state index contributed by atoms with van der Waals surface area (Å²) >= 11 is 6.97. The third kappa shape index (κ3) is 5.78. The van der Waals surface area contributed by atoms with Crippen molar-refractivity contribution in [2.24, 2.45) is 0 Å². The maximum atomic E-state index is 11.6. The molecule has 1 N–H and O–H groups in total. The van der Waals surface area contributed by atoms with Gasteiger partial charge in [-0.2, -0.15) is 0 Å². The van der Waals surface area contributed by atoms with Crippen LogP contribution < -0.4 is 5.32 Å². The van der Waals surface area contributed by atoms with Crippen LogP contribution in [0.1, 0.15) is 27.2 Å². The number of thioether (sulfide) groups is 1. The normalized spacial score (nSPS) is 13.1. The second-order valence-electron chi connectivity index (χ2n) is 5.69. The zero-order valence-electron chi connectivity index (χ0n) is 12.8. The van der Waals surface area contributed by atoms with Gasteiger partial charge in [-0.25, -0.2) is 9.78 Å². The van der Waals surface area contributed by atoms with E-state index >= 15 is 0 Å². The second kappa shape index (κ2) is 7.66. The molecule has 1 amide bonds. The standard InChI is InChI=1S/C15H19BrN2O2S2/c1-15(2,3)20-13(19)17-9-8-12(16)22-14-18-10-6-4-5-7-11(10)21-14/h4-7,12H,8-9H2,1-3H3,(H,17,19). The van der Waals surface area contributed by atoms with Gasteiger partial charge in [0.05, 0.1) is 14.4 Å². The van der Waals surface area contributed by atoms with Crippen LogP contribution in [0, 0.1) is 0 Å². The number of rotatable bonds is 5. The first-order chi connectivity index (χ1) is 10.3. The highest BCUT2D eigenvalue weighted by molar-refractivity contribution is 9.11. The zero-order valence-corrected chi connectivity index (χ0v) is 16.0. The predicted molar refractivity (Wildman–Crippen MR) is 97.0 cm³/mol. The lowest BCUT2D eigenvalue weighted by Gasteiger charge is -2.19. The number of benzene rings is 1. The molecule has 0 aliphatic rings. The number of fused-ring (bicyclic) bond motifs is 1. The maximum Gasteiger partial charge on any atom is 0.407 e. The number of hydrogen-bond donors (Lipinski definition) is 1. The molecule has 2 rings (SSSR count). The number of amides is 1. The molecule has 0 aliphatic heterocycles. The number of nitrogens with one attached hydrogen (secondary N) is 1. The van der Waals surface area contributed by atoms with Crippen LogP contribution in [0.5, 0.6) is 0 Å². The number of thiazole rings is 1. The van der Waals surface area contributed by atoms with Gasteiger partial charge in [-0.15, -0.1) is 11.3 Å². The number of aromatic nitrogens is 1. The van der Waals surface area contributed by atoms with Crippen molar-refractivity contribution >= 4 is 55.3 Å². The number of halogens is 1. The Morgan fingerprint density at radius 2 is 2.18 bits per heavy atom. The van der Waals surface area contributed by atoms with Gasteiger partial charge in [-0.05, 0) is 39.3 Å². The molecule has 1 heterocycles. The lowest BCUT2D eigenvalue weighted by Crippen LogP contribution is -2.33. The Labute approximate surface area is 147 Å².